The fraction of sp³-hybridized carbons (Fsp3) is 0.750. The van der Waals surface area contributed by atoms with Gasteiger partial charge in [0.05, 0.1) is 44.2 Å². The number of hydrogen-bond acceptors (Lipinski definition) is 6. The van der Waals surface area contributed by atoms with Gasteiger partial charge >= 0.3 is 11.9 Å². The number of carbonyl (C=O) groups excluding carboxylic acids is 1. The predicted octanol–water partition coefficient (Wildman–Crippen LogP) is 7.85. The van der Waals surface area contributed by atoms with Gasteiger partial charge in [0.2, 0.25) is 0 Å². The molecule has 1 aromatic rings. The molecule has 0 fully saturated rings. The maximum atomic E-state index is 12.0. The highest BCUT2D eigenvalue weighted by molar-refractivity contribution is 6.02. The minimum atomic E-state index is -1.16. The Morgan fingerprint density at radius 3 is 1.38 bits per heavy atom. The third-order valence-corrected chi connectivity index (χ3v) is 6.72. The molecule has 0 spiro atoms. The van der Waals surface area contributed by atoms with Crippen LogP contribution in [0.5, 0.6) is 0 Å². The van der Waals surface area contributed by atoms with Gasteiger partial charge in [0, 0.05) is 6.61 Å². The molecular formula is C32H54O7. The molecule has 1 N–H and O–H groups in total. The van der Waals surface area contributed by atoms with Crippen molar-refractivity contribution in [1.29, 1.82) is 0 Å². The predicted molar refractivity (Wildman–Crippen MR) is 156 cm³/mol. The van der Waals surface area contributed by atoms with Gasteiger partial charge in [-0.1, -0.05) is 115 Å². The summed E-state index contributed by atoms with van der Waals surface area (Å²) in [4.78, 5) is 23.2. The zero-order chi connectivity index (χ0) is 28.2. The molecule has 1 rings (SSSR count). The second kappa shape index (κ2) is 26.3. The van der Waals surface area contributed by atoms with Crippen LogP contribution in [-0.4, -0.2) is 63.3 Å². The molecule has 1 aromatic carbocycles. The van der Waals surface area contributed by atoms with Crippen LogP contribution in [0.15, 0.2) is 24.3 Å². The molecule has 0 amide bonds. The van der Waals surface area contributed by atoms with Gasteiger partial charge in [0.1, 0.15) is 6.61 Å². The van der Waals surface area contributed by atoms with Crippen molar-refractivity contribution in [2.75, 3.05) is 46.2 Å². The van der Waals surface area contributed by atoms with E-state index in [0.717, 1.165) is 13.0 Å². The summed E-state index contributed by atoms with van der Waals surface area (Å²) in [5.41, 5.74) is -0.0400. The Balaban J connectivity index is 1.75. The van der Waals surface area contributed by atoms with Gasteiger partial charge in [-0.2, -0.15) is 0 Å². The van der Waals surface area contributed by atoms with Crippen molar-refractivity contribution >= 4 is 11.9 Å². The zero-order valence-corrected chi connectivity index (χ0v) is 24.5. The van der Waals surface area contributed by atoms with Crippen LogP contribution in [0.1, 0.15) is 130 Å². The SMILES string of the molecule is CCCCCCCCCCCCCCCCCCOCCOCCOCCOC(=O)c1ccccc1C(=O)O. The standard InChI is InChI=1S/C32H54O7/c1-2-3-4-5-6-7-8-9-10-11-12-13-14-15-16-19-22-36-23-24-37-25-26-38-27-28-39-32(35)30-21-18-17-20-29(30)31(33)34/h17-18,20-21H,2-16,19,22-28H2,1H3,(H,33,34). The molecule has 0 aromatic heterocycles. The van der Waals surface area contributed by atoms with Gasteiger partial charge in [-0.15, -0.1) is 0 Å². The van der Waals surface area contributed by atoms with Gasteiger partial charge < -0.3 is 24.1 Å². The molecule has 0 heterocycles. The smallest absolute Gasteiger partial charge is 0.339 e. The Kier molecular flexibility index (Phi) is 23.6. The minimum Gasteiger partial charge on any atom is -0.478 e. The monoisotopic (exact) mass is 550 g/mol. The molecular weight excluding hydrogens is 496 g/mol. The summed E-state index contributed by atoms with van der Waals surface area (Å²) in [6, 6.07) is 5.97. The van der Waals surface area contributed by atoms with Crippen LogP contribution in [0, 0.1) is 0 Å². The summed E-state index contributed by atoms with van der Waals surface area (Å²) in [7, 11) is 0. The average Bonchev–Trinajstić information content (AvgIpc) is 2.94. The van der Waals surface area contributed by atoms with Crippen molar-refractivity contribution in [3.8, 4) is 0 Å². The highest BCUT2D eigenvalue weighted by Gasteiger charge is 2.16. The van der Waals surface area contributed by atoms with Gasteiger partial charge in [0.15, 0.2) is 0 Å². The van der Waals surface area contributed by atoms with Crippen LogP contribution < -0.4 is 0 Å². The number of benzene rings is 1. The fourth-order valence-electron chi connectivity index (χ4n) is 4.41. The van der Waals surface area contributed by atoms with Crippen LogP contribution in [0.2, 0.25) is 0 Å². The van der Waals surface area contributed by atoms with Gasteiger partial charge in [-0.05, 0) is 18.6 Å². The van der Waals surface area contributed by atoms with Crippen molar-refractivity contribution in [1.82, 2.24) is 0 Å². The van der Waals surface area contributed by atoms with Crippen molar-refractivity contribution in [3.63, 3.8) is 0 Å². The van der Waals surface area contributed by atoms with Crippen molar-refractivity contribution in [2.24, 2.45) is 0 Å². The van der Waals surface area contributed by atoms with Crippen LogP contribution in [0.25, 0.3) is 0 Å². The second-order valence-electron chi connectivity index (χ2n) is 10.1. The molecule has 0 aliphatic carbocycles. The first-order valence-electron chi connectivity index (χ1n) is 15.4. The highest BCUT2D eigenvalue weighted by Crippen LogP contribution is 2.14. The van der Waals surface area contributed by atoms with E-state index in [-0.39, 0.29) is 24.3 Å². The summed E-state index contributed by atoms with van der Waals surface area (Å²) in [5, 5.41) is 9.13. The van der Waals surface area contributed by atoms with E-state index in [0.29, 0.717) is 26.4 Å². The molecule has 0 bridgehead atoms. The van der Waals surface area contributed by atoms with E-state index in [1.165, 1.54) is 108 Å². The Morgan fingerprint density at radius 1 is 0.538 bits per heavy atom. The summed E-state index contributed by atoms with van der Waals surface area (Å²) < 4.78 is 21.6. The largest absolute Gasteiger partial charge is 0.478 e. The zero-order valence-electron chi connectivity index (χ0n) is 24.5. The van der Waals surface area contributed by atoms with Crippen LogP contribution in [-0.2, 0) is 18.9 Å². The first-order valence-corrected chi connectivity index (χ1v) is 15.4. The summed E-state index contributed by atoms with van der Waals surface area (Å²) in [6.45, 7) is 5.28. The lowest BCUT2D eigenvalue weighted by Gasteiger charge is -2.08. The number of carboxylic acids is 1. The summed E-state index contributed by atoms with van der Waals surface area (Å²) in [6.07, 6.45) is 21.9. The maximum absolute atomic E-state index is 12.0. The van der Waals surface area contributed by atoms with E-state index in [9.17, 15) is 9.59 Å². The Morgan fingerprint density at radius 2 is 0.923 bits per heavy atom. The Labute approximate surface area is 236 Å². The van der Waals surface area contributed by atoms with E-state index in [1.807, 2.05) is 0 Å². The highest BCUT2D eigenvalue weighted by atomic mass is 16.6. The molecule has 0 unspecified atom stereocenters. The third-order valence-electron chi connectivity index (χ3n) is 6.72. The number of rotatable bonds is 28. The van der Waals surface area contributed by atoms with E-state index in [1.54, 1.807) is 12.1 Å². The van der Waals surface area contributed by atoms with Crippen LogP contribution in [0.4, 0.5) is 0 Å². The molecule has 224 valence electrons. The number of ether oxygens (including phenoxy) is 4. The number of unbranched alkanes of at least 4 members (excludes halogenated alkanes) is 15. The molecule has 39 heavy (non-hydrogen) atoms. The molecule has 0 radical (unpaired) electrons. The summed E-state index contributed by atoms with van der Waals surface area (Å²) in [5.74, 6) is -1.83. The molecule has 0 aliphatic heterocycles. The topological polar surface area (TPSA) is 91.3 Å². The fourth-order valence-corrected chi connectivity index (χ4v) is 4.41. The van der Waals surface area contributed by atoms with Crippen molar-refractivity contribution in [3.05, 3.63) is 35.4 Å². The lowest BCUT2D eigenvalue weighted by molar-refractivity contribution is 0.000120. The maximum Gasteiger partial charge on any atom is 0.339 e. The Hall–Kier alpha value is -1.96. The lowest BCUT2D eigenvalue weighted by Crippen LogP contribution is -2.16. The average molecular weight is 551 g/mol. The van der Waals surface area contributed by atoms with Crippen LogP contribution >= 0.6 is 0 Å². The summed E-state index contributed by atoms with van der Waals surface area (Å²) >= 11 is 0. The second-order valence-corrected chi connectivity index (χ2v) is 10.1. The van der Waals surface area contributed by atoms with Gasteiger partial charge in [0.25, 0.3) is 0 Å². The van der Waals surface area contributed by atoms with Crippen LogP contribution in [0.3, 0.4) is 0 Å². The lowest BCUT2D eigenvalue weighted by atomic mass is 10.0. The number of hydrogen-bond donors (Lipinski definition) is 1. The first kappa shape index (κ1) is 35.1. The molecule has 7 heteroatoms. The minimum absolute atomic E-state index is 0.0351. The first-order chi connectivity index (χ1) is 19.2. The normalized spacial score (nSPS) is 11.1. The molecule has 0 atom stereocenters. The quantitative estimate of drug-likeness (QED) is 0.0839. The molecule has 0 saturated heterocycles. The number of esters is 1. The van der Waals surface area contributed by atoms with E-state index < -0.39 is 11.9 Å². The number of aromatic carboxylic acids is 1. The van der Waals surface area contributed by atoms with Crippen molar-refractivity contribution < 1.29 is 33.6 Å². The third kappa shape index (κ3) is 20.6. The Bertz CT molecular complexity index is 722. The van der Waals surface area contributed by atoms with Crippen molar-refractivity contribution in [2.45, 2.75) is 110 Å². The number of carboxylic acid groups (broad SMARTS) is 1. The molecule has 7 nitrogen and oxygen atoms in total. The number of carbonyl (C=O) groups is 2. The van der Waals surface area contributed by atoms with E-state index in [2.05, 4.69) is 6.92 Å². The van der Waals surface area contributed by atoms with E-state index in [4.69, 9.17) is 24.1 Å². The van der Waals surface area contributed by atoms with E-state index >= 15 is 0 Å². The van der Waals surface area contributed by atoms with Gasteiger partial charge in [-0.25, -0.2) is 9.59 Å². The molecule has 0 aliphatic rings. The molecule has 0 saturated carbocycles. The van der Waals surface area contributed by atoms with Gasteiger partial charge in [-0.3, -0.25) is 0 Å².